The number of amides is 1. The molecule has 2 aliphatic rings. The van der Waals surface area contributed by atoms with Crippen LogP contribution in [0.3, 0.4) is 0 Å². The van der Waals surface area contributed by atoms with Crippen LogP contribution < -0.4 is 16.0 Å². The molecule has 3 rings (SSSR count). The fraction of sp³-hybridized carbons (Fsp3) is 0.619. The van der Waals surface area contributed by atoms with Crippen molar-refractivity contribution in [3.05, 3.63) is 35.4 Å². The number of benzene rings is 1. The van der Waals surface area contributed by atoms with E-state index in [1.54, 1.807) is 0 Å². The maximum atomic E-state index is 12.0. The molecule has 1 atom stereocenters. The standard InChI is InChI=1S/C21H33N5O/c1-3-23-20(27)17-8-6-7-16(13-17)14-24-21(22-2)25-18-11-12-26(15-18)19-9-4-5-10-19/h6-8,13,18-19H,3-5,9-12,14-15H2,1-2H3,(H,23,27)(H2,22,24,25). The van der Waals surface area contributed by atoms with E-state index in [1.807, 2.05) is 38.2 Å². The van der Waals surface area contributed by atoms with Gasteiger partial charge in [-0.2, -0.15) is 0 Å². The molecule has 1 aliphatic carbocycles. The van der Waals surface area contributed by atoms with Gasteiger partial charge in [0.2, 0.25) is 0 Å². The fourth-order valence-corrected chi connectivity index (χ4v) is 4.17. The predicted molar refractivity (Wildman–Crippen MR) is 110 cm³/mol. The molecule has 1 saturated heterocycles. The van der Waals surface area contributed by atoms with Gasteiger partial charge in [0.05, 0.1) is 0 Å². The lowest BCUT2D eigenvalue weighted by molar-refractivity contribution is 0.0955. The molecule has 2 fully saturated rings. The molecule has 0 aromatic heterocycles. The second-order valence-corrected chi connectivity index (χ2v) is 7.55. The maximum absolute atomic E-state index is 12.0. The second kappa shape index (κ2) is 9.74. The van der Waals surface area contributed by atoms with Crippen LogP contribution in [-0.4, -0.2) is 55.5 Å². The lowest BCUT2D eigenvalue weighted by Crippen LogP contribution is -2.45. The lowest BCUT2D eigenvalue weighted by atomic mass is 10.1. The van der Waals surface area contributed by atoms with Gasteiger partial charge in [-0.1, -0.05) is 25.0 Å². The van der Waals surface area contributed by atoms with Crippen molar-refractivity contribution in [2.24, 2.45) is 4.99 Å². The number of aliphatic imine (C=N–C) groups is 1. The van der Waals surface area contributed by atoms with Crippen LogP contribution in [0.25, 0.3) is 0 Å². The van der Waals surface area contributed by atoms with Gasteiger partial charge in [-0.05, 0) is 43.9 Å². The highest BCUT2D eigenvalue weighted by atomic mass is 16.1. The van der Waals surface area contributed by atoms with Crippen LogP contribution in [0, 0.1) is 0 Å². The van der Waals surface area contributed by atoms with Gasteiger partial charge in [-0.25, -0.2) is 0 Å². The molecule has 27 heavy (non-hydrogen) atoms. The zero-order valence-corrected chi connectivity index (χ0v) is 16.6. The minimum Gasteiger partial charge on any atom is -0.352 e. The molecule has 0 radical (unpaired) electrons. The van der Waals surface area contributed by atoms with Crippen molar-refractivity contribution < 1.29 is 4.79 Å². The van der Waals surface area contributed by atoms with E-state index in [0.29, 0.717) is 24.7 Å². The van der Waals surface area contributed by atoms with Gasteiger partial charge >= 0.3 is 0 Å². The average Bonchev–Trinajstić information content (AvgIpc) is 3.37. The third-order valence-corrected chi connectivity index (χ3v) is 5.61. The Bertz CT molecular complexity index is 654. The molecule has 0 bridgehead atoms. The molecule has 1 heterocycles. The number of hydrogen-bond donors (Lipinski definition) is 3. The summed E-state index contributed by atoms with van der Waals surface area (Å²) in [6, 6.07) is 8.98. The van der Waals surface area contributed by atoms with Crippen LogP contribution in [0.4, 0.5) is 0 Å². The van der Waals surface area contributed by atoms with Crippen LogP contribution in [-0.2, 0) is 6.54 Å². The molecule has 1 amide bonds. The Morgan fingerprint density at radius 3 is 2.78 bits per heavy atom. The first-order chi connectivity index (χ1) is 13.2. The Morgan fingerprint density at radius 1 is 1.22 bits per heavy atom. The zero-order valence-electron chi connectivity index (χ0n) is 16.6. The van der Waals surface area contributed by atoms with Crippen molar-refractivity contribution in [1.29, 1.82) is 0 Å². The van der Waals surface area contributed by atoms with Crippen LogP contribution in [0.15, 0.2) is 29.3 Å². The van der Waals surface area contributed by atoms with E-state index < -0.39 is 0 Å². The van der Waals surface area contributed by atoms with Gasteiger partial charge in [0.1, 0.15) is 0 Å². The van der Waals surface area contributed by atoms with Gasteiger partial charge < -0.3 is 16.0 Å². The highest BCUT2D eigenvalue weighted by Gasteiger charge is 2.30. The summed E-state index contributed by atoms with van der Waals surface area (Å²) < 4.78 is 0. The molecule has 0 spiro atoms. The number of carbonyl (C=O) groups excluding carboxylic acids is 1. The predicted octanol–water partition coefficient (Wildman–Crippen LogP) is 2.12. The number of hydrogen-bond acceptors (Lipinski definition) is 3. The molecular formula is C21H33N5O. The smallest absolute Gasteiger partial charge is 0.251 e. The number of carbonyl (C=O) groups is 1. The van der Waals surface area contributed by atoms with Crippen molar-refractivity contribution in [2.75, 3.05) is 26.7 Å². The Labute approximate surface area is 162 Å². The second-order valence-electron chi connectivity index (χ2n) is 7.55. The third kappa shape index (κ3) is 5.45. The Kier molecular flexibility index (Phi) is 7.10. The van der Waals surface area contributed by atoms with Crippen LogP contribution in [0.2, 0.25) is 0 Å². The van der Waals surface area contributed by atoms with Crippen molar-refractivity contribution in [3.63, 3.8) is 0 Å². The summed E-state index contributed by atoms with van der Waals surface area (Å²) in [6.07, 6.45) is 6.67. The highest BCUT2D eigenvalue weighted by molar-refractivity contribution is 5.94. The molecule has 6 heteroatoms. The van der Waals surface area contributed by atoms with E-state index >= 15 is 0 Å². The van der Waals surface area contributed by atoms with Crippen LogP contribution in [0.5, 0.6) is 0 Å². The van der Waals surface area contributed by atoms with E-state index in [-0.39, 0.29) is 5.91 Å². The van der Waals surface area contributed by atoms with Gasteiger partial charge in [-0.3, -0.25) is 14.7 Å². The normalized spacial score (nSPS) is 21.4. The topological polar surface area (TPSA) is 68.8 Å². The van der Waals surface area contributed by atoms with E-state index in [0.717, 1.165) is 24.1 Å². The number of guanidine groups is 1. The quantitative estimate of drug-likeness (QED) is 0.529. The summed E-state index contributed by atoms with van der Waals surface area (Å²) in [5.74, 6) is 0.802. The summed E-state index contributed by atoms with van der Waals surface area (Å²) in [6.45, 7) is 5.50. The van der Waals surface area contributed by atoms with Crippen molar-refractivity contribution in [2.45, 2.75) is 57.7 Å². The Morgan fingerprint density at radius 2 is 2.04 bits per heavy atom. The van der Waals surface area contributed by atoms with E-state index in [1.165, 1.54) is 38.6 Å². The van der Waals surface area contributed by atoms with Gasteiger partial charge in [0.25, 0.3) is 5.91 Å². The molecular weight excluding hydrogens is 338 g/mol. The number of rotatable bonds is 6. The summed E-state index contributed by atoms with van der Waals surface area (Å²) in [4.78, 5) is 19.0. The van der Waals surface area contributed by atoms with Crippen molar-refractivity contribution in [3.8, 4) is 0 Å². The van der Waals surface area contributed by atoms with Crippen molar-refractivity contribution >= 4 is 11.9 Å². The molecule has 6 nitrogen and oxygen atoms in total. The largest absolute Gasteiger partial charge is 0.352 e. The minimum absolute atomic E-state index is 0.0279. The monoisotopic (exact) mass is 371 g/mol. The number of nitrogens with zero attached hydrogens (tertiary/aromatic N) is 2. The number of nitrogens with one attached hydrogen (secondary N) is 3. The van der Waals surface area contributed by atoms with Gasteiger partial charge in [0, 0.05) is 50.9 Å². The third-order valence-electron chi connectivity index (χ3n) is 5.61. The molecule has 1 aromatic rings. The first kappa shape index (κ1) is 19.7. The Balaban J connectivity index is 1.48. The zero-order chi connectivity index (χ0) is 19.1. The summed E-state index contributed by atoms with van der Waals surface area (Å²) in [7, 11) is 1.81. The average molecular weight is 372 g/mol. The molecule has 148 valence electrons. The van der Waals surface area contributed by atoms with E-state index in [9.17, 15) is 4.79 Å². The fourth-order valence-electron chi connectivity index (χ4n) is 4.17. The van der Waals surface area contributed by atoms with Crippen LogP contribution >= 0.6 is 0 Å². The summed E-state index contributed by atoms with van der Waals surface area (Å²) in [5.41, 5.74) is 1.77. The van der Waals surface area contributed by atoms with Crippen molar-refractivity contribution in [1.82, 2.24) is 20.9 Å². The summed E-state index contributed by atoms with van der Waals surface area (Å²) in [5, 5.41) is 9.79. The minimum atomic E-state index is -0.0279. The number of likely N-dealkylation sites (tertiary alicyclic amines) is 1. The first-order valence-electron chi connectivity index (χ1n) is 10.3. The molecule has 1 saturated carbocycles. The van der Waals surface area contributed by atoms with E-state index in [4.69, 9.17) is 0 Å². The van der Waals surface area contributed by atoms with Crippen LogP contribution in [0.1, 0.15) is 54.9 Å². The lowest BCUT2D eigenvalue weighted by Gasteiger charge is -2.24. The SMILES string of the molecule is CCNC(=O)c1cccc(CNC(=NC)NC2CCN(C3CCCC3)C2)c1. The molecule has 1 unspecified atom stereocenters. The van der Waals surface area contributed by atoms with Gasteiger partial charge in [0.15, 0.2) is 5.96 Å². The first-order valence-corrected chi connectivity index (χ1v) is 10.3. The maximum Gasteiger partial charge on any atom is 0.251 e. The summed E-state index contributed by atoms with van der Waals surface area (Å²) >= 11 is 0. The van der Waals surface area contributed by atoms with Gasteiger partial charge in [-0.15, -0.1) is 0 Å². The highest BCUT2D eigenvalue weighted by Crippen LogP contribution is 2.26. The molecule has 1 aromatic carbocycles. The molecule has 1 aliphatic heterocycles. The molecule has 3 N–H and O–H groups in total. The Hall–Kier alpha value is -2.08. The van der Waals surface area contributed by atoms with E-state index in [2.05, 4.69) is 25.8 Å².